The van der Waals surface area contributed by atoms with Crippen LogP contribution in [0.2, 0.25) is 5.02 Å². The second-order valence-corrected chi connectivity index (χ2v) is 9.30. The van der Waals surface area contributed by atoms with Crippen molar-refractivity contribution in [3.05, 3.63) is 53.1 Å². The van der Waals surface area contributed by atoms with Crippen molar-refractivity contribution < 1.29 is 14.6 Å². The number of phenols is 1. The minimum Gasteiger partial charge on any atom is -0.507 e. The van der Waals surface area contributed by atoms with E-state index in [0.29, 0.717) is 29.7 Å². The molecule has 3 N–H and O–H groups in total. The number of carbonyl (C=O) groups is 1. The van der Waals surface area contributed by atoms with Crippen LogP contribution in [0.4, 0.5) is 10.5 Å². The number of benzene rings is 2. The van der Waals surface area contributed by atoms with Crippen LogP contribution in [0.15, 0.2) is 47.5 Å². The Morgan fingerprint density at radius 1 is 1.22 bits per heavy atom. The lowest BCUT2D eigenvalue weighted by Gasteiger charge is -2.28. The van der Waals surface area contributed by atoms with Crippen molar-refractivity contribution in [2.45, 2.75) is 31.7 Å². The summed E-state index contributed by atoms with van der Waals surface area (Å²) in [4.78, 5) is 16.8. The quantitative estimate of drug-likeness (QED) is 0.326. The maximum absolute atomic E-state index is 12.3. The Labute approximate surface area is 198 Å². The highest BCUT2D eigenvalue weighted by Gasteiger charge is 2.22. The van der Waals surface area contributed by atoms with Crippen molar-refractivity contribution in [1.82, 2.24) is 5.32 Å². The molecule has 0 atom stereocenters. The highest BCUT2D eigenvalue weighted by molar-refractivity contribution is 7.98. The number of urea groups is 1. The highest BCUT2D eigenvalue weighted by Crippen LogP contribution is 2.25. The number of carbonyl (C=O) groups excluding carboxylic acids is 1. The number of ether oxygens (including phenoxy) is 1. The smallest absolute Gasteiger partial charge is 0.319 e. The second kappa shape index (κ2) is 12.6. The van der Waals surface area contributed by atoms with Gasteiger partial charge in [0.1, 0.15) is 11.5 Å². The first-order chi connectivity index (χ1) is 15.5. The molecule has 0 saturated heterocycles. The van der Waals surface area contributed by atoms with Crippen LogP contribution in [-0.4, -0.2) is 48.6 Å². The lowest BCUT2D eigenvalue weighted by atomic mass is 9.86. The molecule has 172 valence electrons. The molecule has 0 aromatic heterocycles. The summed E-state index contributed by atoms with van der Waals surface area (Å²) in [5.74, 6) is 2.40. The molecule has 0 aliphatic heterocycles. The van der Waals surface area contributed by atoms with Gasteiger partial charge in [-0.2, -0.15) is 11.8 Å². The number of aromatic hydroxyl groups is 1. The van der Waals surface area contributed by atoms with Gasteiger partial charge in [0.15, 0.2) is 0 Å². The number of anilines is 1. The topological polar surface area (TPSA) is 83.0 Å². The molecule has 0 radical (unpaired) electrons. The molecule has 1 aliphatic rings. The highest BCUT2D eigenvalue weighted by atomic mass is 35.5. The Hall–Kier alpha value is -2.38. The lowest BCUT2D eigenvalue weighted by molar-refractivity contribution is 0.238. The third-order valence-electron chi connectivity index (χ3n) is 5.43. The van der Waals surface area contributed by atoms with Gasteiger partial charge in [0.05, 0.1) is 6.61 Å². The van der Waals surface area contributed by atoms with Crippen molar-refractivity contribution in [2.75, 3.05) is 30.5 Å². The fourth-order valence-corrected chi connectivity index (χ4v) is 4.08. The van der Waals surface area contributed by atoms with Gasteiger partial charge in [-0.15, -0.1) is 0 Å². The molecule has 0 bridgehead atoms. The average molecular weight is 476 g/mol. The molecule has 0 unspecified atom stereocenters. The molecule has 2 aromatic rings. The van der Waals surface area contributed by atoms with E-state index in [-0.39, 0.29) is 17.8 Å². The van der Waals surface area contributed by atoms with E-state index in [1.807, 2.05) is 30.5 Å². The van der Waals surface area contributed by atoms with Crippen LogP contribution >= 0.6 is 23.4 Å². The minimum atomic E-state index is -0.182. The number of halogens is 1. The third kappa shape index (κ3) is 7.95. The van der Waals surface area contributed by atoms with Crippen LogP contribution in [0, 0.1) is 5.92 Å². The SMILES string of the molecule is CSCCOc1ccc(NC(=O)N[C@H]2CC[C@@H](CN=Cc3cc(Cl)ccc3O)CC2)cc1. The van der Waals surface area contributed by atoms with Gasteiger partial charge in [-0.05, 0) is 80.3 Å². The first kappa shape index (κ1) is 24.3. The van der Waals surface area contributed by atoms with Gasteiger partial charge in [-0.3, -0.25) is 4.99 Å². The average Bonchev–Trinajstić information content (AvgIpc) is 2.78. The van der Waals surface area contributed by atoms with Gasteiger partial charge >= 0.3 is 6.03 Å². The standard InChI is InChI=1S/C24H30ClN3O3S/c1-32-13-12-31-22-9-7-21(8-10-22)28-24(30)27-20-5-2-17(3-6-20)15-26-16-18-14-19(25)4-11-23(18)29/h4,7-11,14,16-17,20,29H,2-3,5-6,12-13,15H2,1H3,(H2,27,28,30)/t17-,20+. The molecule has 3 rings (SSSR count). The Morgan fingerprint density at radius 2 is 1.97 bits per heavy atom. The van der Waals surface area contributed by atoms with E-state index in [0.717, 1.165) is 42.9 Å². The number of rotatable bonds is 9. The molecule has 8 heteroatoms. The van der Waals surface area contributed by atoms with Crippen LogP contribution in [0.1, 0.15) is 31.2 Å². The van der Waals surface area contributed by atoms with Gasteiger partial charge in [-0.25, -0.2) is 4.79 Å². The maximum atomic E-state index is 12.3. The number of nitrogens with zero attached hydrogens (tertiary/aromatic N) is 1. The fourth-order valence-electron chi connectivity index (χ4n) is 3.65. The summed E-state index contributed by atoms with van der Waals surface area (Å²) < 4.78 is 5.62. The summed E-state index contributed by atoms with van der Waals surface area (Å²) in [7, 11) is 0. The molecular formula is C24H30ClN3O3S. The zero-order valence-corrected chi connectivity index (χ0v) is 19.8. The van der Waals surface area contributed by atoms with Crippen molar-refractivity contribution in [2.24, 2.45) is 10.9 Å². The molecule has 1 aliphatic carbocycles. The first-order valence-electron chi connectivity index (χ1n) is 10.8. The van der Waals surface area contributed by atoms with E-state index in [1.54, 1.807) is 36.2 Å². The first-order valence-corrected chi connectivity index (χ1v) is 12.6. The number of nitrogens with one attached hydrogen (secondary N) is 2. The van der Waals surface area contributed by atoms with E-state index >= 15 is 0 Å². The number of aliphatic imine (C=N–C) groups is 1. The van der Waals surface area contributed by atoms with E-state index in [9.17, 15) is 9.90 Å². The number of phenolic OH excluding ortho intramolecular Hbond substituents is 1. The number of amides is 2. The van der Waals surface area contributed by atoms with Crippen LogP contribution in [0.25, 0.3) is 0 Å². The van der Waals surface area contributed by atoms with Crippen LogP contribution in [0.3, 0.4) is 0 Å². The molecule has 1 fully saturated rings. The van der Waals surface area contributed by atoms with Crippen LogP contribution < -0.4 is 15.4 Å². The van der Waals surface area contributed by atoms with Crippen LogP contribution in [0.5, 0.6) is 11.5 Å². The molecule has 6 nitrogen and oxygen atoms in total. The van der Waals surface area contributed by atoms with E-state index in [4.69, 9.17) is 16.3 Å². The zero-order valence-electron chi connectivity index (χ0n) is 18.2. The Morgan fingerprint density at radius 3 is 2.69 bits per heavy atom. The van der Waals surface area contributed by atoms with E-state index in [1.165, 1.54) is 0 Å². The lowest BCUT2D eigenvalue weighted by Crippen LogP contribution is -2.40. The van der Waals surface area contributed by atoms with Gasteiger partial charge in [0.2, 0.25) is 0 Å². The van der Waals surface area contributed by atoms with Gasteiger partial charge in [-0.1, -0.05) is 11.6 Å². The fraction of sp³-hybridized carbons (Fsp3) is 0.417. The van der Waals surface area contributed by atoms with Crippen molar-refractivity contribution >= 4 is 41.3 Å². The van der Waals surface area contributed by atoms with E-state index in [2.05, 4.69) is 15.6 Å². The number of hydrogen-bond donors (Lipinski definition) is 3. The van der Waals surface area contributed by atoms with Crippen LogP contribution in [-0.2, 0) is 0 Å². The van der Waals surface area contributed by atoms with E-state index < -0.39 is 0 Å². The molecule has 2 aromatic carbocycles. The van der Waals surface area contributed by atoms with Crippen molar-refractivity contribution in [3.8, 4) is 11.5 Å². The normalized spacial score (nSPS) is 18.4. The third-order valence-corrected chi connectivity index (χ3v) is 6.24. The molecular weight excluding hydrogens is 446 g/mol. The molecule has 2 amide bonds. The second-order valence-electron chi connectivity index (χ2n) is 7.88. The monoisotopic (exact) mass is 475 g/mol. The summed E-state index contributed by atoms with van der Waals surface area (Å²) in [6.07, 6.45) is 7.59. The Balaban J connectivity index is 1.36. The predicted molar refractivity (Wildman–Crippen MR) is 134 cm³/mol. The van der Waals surface area contributed by atoms with Crippen molar-refractivity contribution in [1.29, 1.82) is 0 Å². The Bertz CT molecular complexity index is 900. The summed E-state index contributed by atoms with van der Waals surface area (Å²) in [6, 6.07) is 12.3. The van der Waals surface area contributed by atoms with Gasteiger partial charge in [0, 0.05) is 40.8 Å². The zero-order chi connectivity index (χ0) is 22.8. The predicted octanol–water partition coefficient (Wildman–Crippen LogP) is 5.59. The number of hydrogen-bond acceptors (Lipinski definition) is 5. The van der Waals surface area contributed by atoms with Crippen molar-refractivity contribution in [3.63, 3.8) is 0 Å². The summed E-state index contributed by atoms with van der Waals surface area (Å²) >= 11 is 7.71. The summed E-state index contributed by atoms with van der Waals surface area (Å²) in [5, 5.41) is 16.4. The summed E-state index contributed by atoms with van der Waals surface area (Å²) in [6.45, 7) is 1.38. The number of thioether (sulfide) groups is 1. The summed E-state index contributed by atoms with van der Waals surface area (Å²) in [5.41, 5.74) is 1.37. The Kier molecular flexibility index (Phi) is 9.56. The molecule has 1 saturated carbocycles. The molecule has 0 heterocycles. The van der Waals surface area contributed by atoms with Gasteiger partial charge in [0.25, 0.3) is 0 Å². The maximum Gasteiger partial charge on any atom is 0.319 e. The molecule has 32 heavy (non-hydrogen) atoms. The molecule has 0 spiro atoms. The van der Waals surface area contributed by atoms with Gasteiger partial charge < -0.3 is 20.5 Å². The minimum absolute atomic E-state index is 0.168. The largest absolute Gasteiger partial charge is 0.507 e.